The lowest BCUT2D eigenvalue weighted by Gasteiger charge is -2.36. The molecule has 1 aromatic carbocycles. The second kappa shape index (κ2) is 7.51. The Bertz CT molecular complexity index is 579. The predicted octanol–water partition coefficient (Wildman–Crippen LogP) is 2.26. The van der Waals surface area contributed by atoms with Crippen LogP contribution in [0, 0.1) is 5.92 Å². The van der Waals surface area contributed by atoms with Gasteiger partial charge in [0.1, 0.15) is 0 Å². The van der Waals surface area contributed by atoms with Crippen LogP contribution in [0.2, 0.25) is 10.0 Å². The van der Waals surface area contributed by atoms with Crippen molar-refractivity contribution < 1.29 is 9.59 Å². The third kappa shape index (κ3) is 3.97. The Morgan fingerprint density at radius 3 is 2.00 bits per heavy atom. The number of piperazine rings is 1. The molecule has 0 spiro atoms. The van der Waals surface area contributed by atoms with Gasteiger partial charge in [-0.2, -0.15) is 0 Å². The fraction of sp³-hybridized carbons (Fsp3) is 0.500. The molecule has 1 aliphatic heterocycles. The maximum Gasteiger partial charge on any atom is 0.257 e. The average molecular weight is 358 g/mol. The lowest BCUT2D eigenvalue weighted by molar-refractivity contribution is -0.137. The molecule has 0 radical (unpaired) electrons. The van der Waals surface area contributed by atoms with Gasteiger partial charge in [-0.15, -0.1) is 0 Å². The van der Waals surface area contributed by atoms with E-state index in [0.29, 0.717) is 41.8 Å². The van der Waals surface area contributed by atoms with E-state index < -0.39 is 0 Å². The topological polar surface area (TPSA) is 66.6 Å². The fourth-order valence-electron chi connectivity index (χ4n) is 2.50. The van der Waals surface area contributed by atoms with E-state index in [9.17, 15) is 9.59 Å². The van der Waals surface area contributed by atoms with Crippen LogP contribution in [0.5, 0.6) is 0 Å². The van der Waals surface area contributed by atoms with Gasteiger partial charge in [0.05, 0.1) is 21.5 Å². The van der Waals surface area contributed by atoms with E-state index >= 15 is 0 Å². The number of carbonyl (C=O) groups is 2. The molecule has 1 aromatic rings. The number of hydrogen-bond acceptors (Lipinski definition) is 3. The van der Waals surface area contributed by atoms with Crippen LogP contribution in [0.3, 0.4) is 0 Å². The van der Waals surface area contributed by atoms with Crippen LogP contribution >= 0.6 is 23.2 Å². The Morgan fingerprint density at radius 2 is 1.52 bits per heavy atom. The number of hydrogen-bond donors (Lipinski definition) is 1. The molecule has 0 aromatic heterocycles. The molecule has 2 unspecified atom stereocenters. The summed E-state index contributed by atoms with van der Waals surface area (Å²) in [6, 6.07) is 4.80. The second-order valence-corrected chi connectivity index (χ2v) is 6.68. The van der Waals surface area contributed by atoms with Crippen LogP contribution < -0.4 is 5.73 Å². The van der Waals surface area contributed by atoms with Crippen molar-refractivity contribution in [3.05, 3.63) is 33.8 Å². The molecule has 1 saturated heterocycles. The van der Waals surface area contributed by atoms with E-state index in [4.69, 9.17) is 28.9 Å². The summed E-state index contributed by atoms with van der Waals surface area (Å²) < 4.78 is 0. The minimum atomic E-state index is -0.227. The highest BCUT2D eigenvalue weighted by Crippen LogP contribution is 2.26. The number of nitrogens with two attached hydrogens (primary N) is 1. The summed E-state index contributed by atoms with van der Waals surface area (Å²) in [6.45, 7) is 5.54. The van der Waals surface area contributed by atoms with Crippen LogP contribution in [0.15, 0.2) is 18.2 Å². The highest BCUT2D eigenvalue weighted by atomic mass is 35.5. The summed E-state index contributed by atoms with van der Waals surface area (Å²) in [7, 11) is 0. The van der Waals surface area contributed by atoms with Gasteiger partial charge in [-0.3, -0.25) is 9.59 Å². The normalized spacial score (nSPS) is 17.8. The van der Waals surface area contributed by atoms with E-state index in [1.807, 2.05) is 13.8 Å². The maximum absolute atomic E-state index is 12.6. The number of carbonyl (C=O) groups excluding carboxylic acids is 2. The summed E-state index contributed by atoms with van der Waals surface area (Å²) in [5, 5.41) is 0.679. The van der Waals surface area contributed by atoms with Gasteiger partial charge in [0.25, 0.3) is 5.91 Å². The molecule has 126 valence electrons. The van der Waals surface area contributed by atoms with Crippen LogP contribution in [-0.2, 0) is 4.79 Å². The van der Waals surface area contributed by atoms with Gasteiger partial charge >= 0.3 is 0 Å². The van der Waals surface area contributed by atoms with Gasteiger partial charge in [-0.25, -0.2) is 0 Å². The summed E-state index contributed by atoms with van der Waals surface area (Å²) in [5.74, 6) is -0.397. The van der Waals surface area contributed by atoms with Crippen molar-refractivity contribution in [1.82, 2.24) is 9.80 Å². The molecule has 0 saturated carbocycles. The molecule has 2 atom stereocenters. The van der Waals surface area contributed by atoms with E-state index in [2.05, 4.69) is 0 Å². The Labute approximate surface area is 146 Å². The Kier molecular flexibility index (Phi) is 5.89. The van der Waals surface area contributed by atoms with E-state index in [0.717, 1.165) is 0 Å². The molecule has 2 rings (SSSR count). The van der Waals surface area contributed by atoms with Crippen LogP contribution in [0.4, 0.5) is 0 Å². The van der Waals surface area contributed by atoms with E-state index in [1.54, 1.807) is 28.0 Å². The molecule has 7 heteroatoms. The molecule has 23 heavy (non-hydrogen) atoms. The van der Waals surface area contributed by atoms with Gasteiger partial charge < -0.3 is 15.5 Å². The first-order chi connectivity index (χ1) is 10.8. The number of halogens is 2. The standard InChI is InChI=1S/C16H21Cl2N3O2/c1-10(11(2)19)15(22)20-6-8-21(9-7-20)16(23)14-12(17)4-3-5-13(14)18/h3-5,10-11H,6-9,19H2,1-2H3. The number of rotatable bonds is 3. The van der Waals surface area contributed by atoms with Crippen LogP contribution in [0.25, 0.3) is 0 Å². The lowest BCUT2D eigenvalue weighted by Crippen LogP contribution is -2.53. The van der Waals surface area contributed by atoms with Gasteiger partial charge in [0.15, 0.2) is 0 Å². The lowest BCUT2D eigenvalue weighted by atomic mass is 10.0. The maximum atomic E-state index is 12.6. The molecule has 2 N–H and O–H groups in total. The third-order valence-electron chi connectivity index (χ3n) is 4.23. The summed E-state index contributed by atoms with van der Waals surface area (Å²) in [4.78, 5) is 28.3. The van der Waals surface area contributed by atoms with Crippen molar-refractivity contribution in [2.24, 2.45) is 11.7 Å². The SMILES string of the molecule is CC(N)C(C)C(=O)N1CCN(C(=O)c2c(Cl)cccc2Cl)CC1. The molecule has 1 fully saturated rings. The van der Waals surface area contributed by atoms with Gasteiger partial charge in [0, 0.05) is 32.2 Å². The Morgan fingerprint density at radius 1 is 1.04 bits per heavy atom. The summed E-state index contributed by atoms with van der Waals surface area (Å²) >= 11 is 12.2. The molecule has 1 aliphatic rings. The van der Waals surface area contributed by atoms with Gasteiger partial charge in [0.2, 0.25) is 5.91 Å². The number of benzene rings is 1. The van der Waals surface area contributed by atoms with Crippen molar-refractivity contribution in [3.8, 4) is 0 Å². The molecule has 2 amide bonds. The van der Waals surface area contributed by atoms with Crippen molar-refractivity contribution in [2.75, 3.05) is 26.2 Å². The average Bonchev–Trinajstić information content (AvgIpc) is 2.53. The predicted molar refractivity (Wildman–Crippen MR) is 91.8 cm³/mol. The largest absolute Gasteiger partial charge is 0.339 e. The smallest absolute Gasteiger partial charge is 0.257 e. The quantitative estimate of drug-likeness (QED) is 0.901. The second-order valence-electron chi connectivity index (χ2n) is 5.86. The van der Waals surface area contributed by atoms with E-state index in [1.165, 1.54) is 0 Å². The first-order valence-electron chi connectivity index (χ1n) is 7.60. The van der Waals surface area contributed by atoms with Crippen molar-refractivity contribution in [2.45, 2.75) is 19.9 Å². The number of amides is 2. The first-order valence-corrected chi connectivity index (χ1v) is 8.36. The Hall–Kier alpha value is -1.30. The van der Waals surface area contributed by atoms with Gasteiger partial charge in [-0.05, 0) is 19.1 Å². The first kappa shape index (κ1) is 18.0. The zero-order chi connectivity index (χ0) is 17.1. The molecule has 5 nitrogen and oxygen atoms in total. The van der Waals surface area contributed by atoms with Gasteiger partial charge in [-0.1, -0.05) is 36.2 Å². The zero-order valence-electron chi connectivity index (χ0n) is 13.3. The molecule has 0 bridgehead atoms. The summed E-state index contributed by atoms with van der Waals surface area (Å²) in [6.07, 6.45) is 0. The van der Waals surface area contributed by atoms with Crippen LogP contribution in [0.1, 0.15) is 24.2 Å². The number of nitrogens with zero attached hydrogens (tertiary/aromatic N) is 2. The molecular formula is C16H21Cl2N3O2. The minimum Gasteiger partial charge on any atom is -0.339 e. The fourth-order valence-corrected chi connectivity index (χ4v) is 3.06. The molecule has 0 aliphatic carbocycles. The highest BCUT2D eigenvalue weighted by molar-refractivity contribution is 6.39. The van der Waals surface area contributed by atoms with Crippen molar-refractivity contribution >= 4 is 35.0 Å². The van der Waals surface area contributed by atoms with Crippen molar-refractivity contribution in [1.29, 1.82) is 0 Å². The molecular weight excluding hydrogens is 337 g/mol. The Balaban J connectivity index is 2.02. The molecule has 1 heterocycles. The monoisotopic (exact) mass is 357 g/mol. The minimum absolute atomic E-state index is 0.0304. The highest BCUT2D eigenvalue weighted by Gasteiger charge is 2.29. The van der Waals surface area contributed by atoms with Crippen LogP contribution in [-0.4, -0.2) is 53.8 Å². The van der Waals surface area contributed by atoms with Crippen molar-refractivity contribution in [3.63, 3.8) is 0 Å². The zero-order valence-corrected chi connectivity index (χ0v) is 14.8. The summed E-state index contributed by atoms with van der Waals surface area (Å²) in [5.41, 5.74) is 6.11. The third-order valence-corrected chi connectivity index (χ3v) is 4.86. The van der Waals surface area contributed by atoms with E-state index in [-0.39, 0.29) is 23.8 Å².